The zero-order chi connectivity index (χ0) is 14.3. The normalized spacial score (nSPS) is 33.2. The van der Waals surface area contributed by atoms with Crippen molar-refractivity contribution in [2.75, 3.05) is 0 Å². The van der Waals surface area contributed by atoms with Gasteiger partial charge < -0.3 is 10.4 Å². The predicted octanol–water partition coefficient (Wildman–Crippen LogP) is 2.68. The lowest BCUT2D eigenvalue weighted by molar-refractivity contribution is -0.0314. The lowest BCUT2D eigenvalue weighted by Crippen LogP contribution is -2.56. The van der Waals surface area contributed by atoms with Gasteiger partial charge in [-0.05, 0) is 37.8 Å². The number of rotatable bonds is 2. The molecule has 0 amide bonds. The third-order valence-corrected chi connectivity index (χ3v) is 4.47. The summed E-state index contributed by atoms with van der Waals surface area (Å²) in [7, 11) is 0. The molecular weight excluding hydrogens is 267 g/mol. The molecule has 2 saturated heterocycles. The van der Waals surface area contributed by atoms with Crippen LogP contribution in [0.15, 0.2) is 12.1 Å². The van der Waals surface area contributed by atoms with Crippen LogP contribution < -0.4 is 5.32 Å². The van der Waals surface area contributed by atoms with Gasteiger partial charge in [0, 0.05) is 24.1 Å². The molecule has 20 heavy (non-hydrogen) atoms. The fourth-order valence-electron chi connectivity index (χ4n) is 3.64. The topological polar surface area (TPSA) is 32.3 Å². The van der Waals surface area contributed by atoms with Gasteiger partial charge in [-0.1, -0.05) is 6.42 Å². The van der Waals surface area contributed by atoms with E-state index in [0.29, 0.717) is 12.8 Å². The molecule has 110 valence electrons. The summed E-state index contributed by atoms with van der Waals surface area (Å²) in [6.45, 7) is 0. The van der Waals surface area contributed by atoms with Gasteiger partial charge in [0.05, 0.1) is 5.60 Å². The molecule has 0 saturated carbocycles. The summed E-state index contributed by atoms with van der Waals surface area (Å²) in [5, 5.41) is 14.1. The first-order valence-electron chi connectivity index (χ1n) is 7.08. The molecule has 2 aliphatic rings. The summed E-state index contributed by atoms with van der Waals surface area (Å²) in [4.78, 5) is 0. The maximum atomic E-state index is 13.7. The van der Waals surface area contributed by atoms with Gasteiger partial charge in [0.15, 0.2) is 11.6 Å². The number of hydrogen-bond acceptors (Lipinski definition) is 2. The molecule has 0 aliphatic carbocycles. The van der Waals surface area contributed by atoms with Crippen molar-refractivity contribution in [1.29, 1.82) is 0 Å². The molecule has 2 nitrogen and oxygen atoms in total. The van der Waals surface area contributed by atoms with Gasteiger partial charge in [-0.25, -0.2) is 13.2 Å². The summed E-state index contributed by atoms with van der Waals surface area (Å²) < 4.78 is 40.7. The van der Waals surface area contributed by atoms with Crippen LogP contribution in [0.25, 0.3) is 0 Å². The number of nitrogens with one attached hydrogen (secondary N) is 1. The first-order valence-corrected chi connectivity index (χ1v) is 7.08. The Kier molecular flexibility index (Phi) is 3.50. The number of fused-ring (bicyclic) bond motifs is 2. The van der Waals surface area contributed by atoms with Gasteiger partial charge in [-0.3, -0.25) is 0 Å². The van der Waals surface area contributed by atoms with Gasteiger partial charge in [-0.2, -0.15) is 0 Å². The summed E-state index contributed by atoms with van der Waals surface area (Å²) in [5.41, 5.74) is -1.50. The van der Waals surface area contributed by atoms with Gasteiger partial charge in [-0.15, -0.1) is 0 Å². The molecule has 2 atom stereocenters. The monoisotopic (exact) mass is 285 g/mol. The second-order valence-electron chi connectivity index (χ2n) is 6.12. The summed E-state index contributed by atoms with van der Waals surface area (Å²) in [6, 6.07) is 2.06. The van der Waals surface area contributed by atoms with E-state index in [4.69, 9.17) is 0 Å². The van der Waals surface area contributed by atoms with Crippen LogP contribution in [0.3, 0.4) is 0 Å². The van der Waals surface area contributed by atoms with E-state index >= 15 is 0 Å². The third kappa shape index (κ3) is 2.56. The number of halogens is 3. The van der Waals surface area contributed by atoms with Crippen LogP contribution in [0.2, 0.25) is 0 Å². The molecule has 1 aromatic rings. The highest BCUT2D eigenvalue weighted by Crippen LogP contribution is 2.36. The molecule has 0 radical (unpaired) electrons. The first kappa shape index (κ1) is 13.9. The minimum Gasteiger partial charge on any atom is -0.389 e. The van der Waals surface area contributed by atoms with E-state index in [-0.39, 0.29) is 24.1 Å². The average Bonchev–Trinajstić information content (AvgIpc) is 2.39. The molecule has 2 aliphatic heterocycles. The first-order chi connectivity index (χ1) is 9.47. The van der Waals surface area contributed by atoms with Gasteiger partial charge >= 0.3 is 0 Å². The van der Waals surface area contributed by atoms with Crippen molar-refractivity contribution < 1.29 is 18.3 Å². The SMILES string of the molecule is OC1(Cc2c(F)ccc(F)c2F)CC2CCCC(C1)N2. The third-order valence-electron chi connectivity index (χ3n) is 4.47. The molecule has 2 N–H and O–H groups in total. The van der Waals surface area contributed by atoms with Gasteiger partial charge in [0.1, 0.15) is 5.82 Å². The lowest BCUT2D eigenvalue weighted by Gasteiger charge is -2.45. The van der Waals surface area contributed by atoms with Crippen molar-refractivity contribution in [3.63, 3.8) is 0 Å². The van der Waals surface area contributed by atoms with Crippen LogP contribution in [0, 0.1) is 17.5 Å². The van der Waals surface area contributed by atoms with E-state index in [1.54, 1.807) is 0 Å². The van der Waals surface area contributed by atoms with Crippen molar-refractivity contribution in [1.82, 2.24) is 5.32 Å². The highest BCUT2D eigenvalue weighted by atomic mass is 19.2. The molecule has 2 heterocycles. The van der Waals surface area contributed by atoms with Crippen LogP contribution in [-0.4, -0.2) is 22.8 Å². The Morgan fingerprint density at radius 2 is 1.70 bits per heavy atom. The summed E-state index contributed by atoms with van der Waals surface area (Å²) in [6.07, 6.45) is 3.79. The molecule has 0 spiro atoms. The quantitative estimate of drug-likeness (QED) is 0.819. The minimum absolute atomic E-state index is 0.170. The minimum atomic E-state index is -1.18. The highest BCUT2D eigenvalue weighted by Gasteiger charge is 2.41. The Balaban J connectivity index is 1.85. The molecule has 2 bridgehead atoms. The van der Waals surface area contributed by atoms with E-state index < -0.39 is 23.1 Å². The van der Waals surface area contributed by atoms with E-state index in [0.717, 1.165) is 31.4 Å². The van der Waals surface area contributed by atoms with Crippen molar-refractivity contribution in [2.24, 2.45) is 0 Å². The van der Waals surface area contributed by atoms with Crippen LogP contribution in [0.5, 0.6) is 0 Å². The second-order valence-corrected chi connectivity index (χ2v) is 6.12. The van der Waals surface area contributed by atoms with Gasteiger partial charge in [0.25, 0.3) is 0 Å². The van der Waals surface area contributed by atoms with Crippen LogP contribution in [-0.2, 0) is 6.42 Å². The van der Waals surface area contributed by atoms with E-state index in [1.807, 2.05) is 0 Å². The van der Waals surface area contributed by atoms with Crippen molar-refractivity contribution in [3.8, 4) is 0 Å². The number of aliphatic hydroxyl groups is 1. The number of benzene rings is 1. The van der Waals surface area contributed by atoms with Crippen molar-refractivity contribution in [3.05, 3.63) is 35.1 Å². The molecule has 2 unspecified atom stereocenters. The zero-order valence-electron chi connectivity index (χ0n) is 11.1. The van der Waals surface area contributed by atoms with Crippen molar-refractivity contribution in [2.45, 2.75) is 56.2 Å². The van der Waals surface area contributed by atoms with E-state index in [2.05, 4.69) is 5.32 Å². The Labute approximate surface area is 116 Å². The van der Waals surface area contributed by atoms with Crippen molar-refractivity contribution >= 4 is 0 Å². The van der Waals surface area contributed by atoms with Gasteiger partial charge in [0.2, 0.25) is 0 Å². The standard InChI is InChI=1S/C15H18F3NO/c16-12-4-5-13(17)14(18)11(12)8-15(20)6-9-2-1-3-10(7-15)19-9/h4-5,9-10,19-20H,1-3,6-8H2. The molecule has 1 aromatic carbocycles. The second kappa shape index (κ2) is 5.04. The fraction of sp³-hybridized carbons (Fsp3) is 0.600. The Morgan fingerprint density at radius 1 is 1.10 bits per heavy atom. The van der Waals surface area contributed by atoms with Crippen LogP contribution in [0.1, 0.15) is 37.7 Å². The smallest absolute Gasteiger partial charge is 0.165 e. The Hall–Kier alpha value is -1.07. The highest BCUT2D eigenvalue weighted by molar-refractivity contribution is 5.23. The molecule has 5 heteroatoms. The Bertz CT molecular complexity index is 508. The predicted molar refractivity (Wildman–Crippen MR) is 68.8 cm³/mol. The lowest BCUT2D eigenvalue weighted by atomic mass is 9.74. The number of hydrogen-bond donors (Lipinski definition) is 2. The molecular formula is C15H18F3NO. The van der Waals surface area contributed by atoms with Crippen LogP contribution in [0.4, 0.5) is 13.2 Å². The summed E-state index contributed by atoms with van der Waals surface area (Å²) >= 11 is 0. The van der Waals surface area contributed by atoms with E-state index in [9.17, 15) is 18.3 Å². The number of piperidine rings is 2. The maximum absolute atomic E-state index is 13.7. The largest absolute Gasteiger partial charge is 0.389 e. The maximum Gasteiger partial charge on any atom is 0.165 e. The molecule has 2 fully saturated rings. The van der Waals surface area contributed by atoms with Crippen LogP contribution >= 0.6 is 0 Å². The Morgan fingerprint density at radius 3 is 2.35 bits per heavy atom. The van der Waals surface area contributed by atoms with E-state index in [1.165, 1.54) is 0 Å². The average molecular weight is 285 g/mol. The summed E-state index contributed by atoms with van der Waals surface area (Å²) in [5.74, 6) is -3.04. The fourth-order valence-corrected chi connectivity index (χ4v) is 3.64. The molecule has 0 aromatic heterocycles. The zero-order valence-corrected chi connectivity index (χ0v) is 11.1. The molecule has 3 rings (SSSR count).